The smallest absolute Gasteiger partial charge is 0.334 e. The molecule has 6 unspecified atom stereocenters. The van der Waals surface area contributed by atoms with Crippen molar-refractivity contribution >= 4 is 5.97 Å². The average Bonchev–Trinajstić information content (AvgIpc) is 2.88. The van der Waals surface area contributed by atoms with Crippen molar-refractivity contribution in [2.24, 2.45) is 23.7 Å². The highest BCUT2D eigenvalue weighted by Gasteiger charge is 2.55. The van der Waals surface area contributed by atoms with Crippen molar-refractivity contribution in [1.82, 2.24) is 0 Å². The minimum Gasteiger partial charge on any atom is -0.458 e. The van der Waals surface area contributed by atoms with E-state index >= 15 is 0 Å². The van der Waals surface area contributed by atoms with Crippen molar-refractivity contribution in [2.75, 3.05) is 6.61 Å². The minimum atomic E-state index is -0.651. The third-order valence-electron chi connectivity index (χ3n) is 5.14. The molecule has 2 N–H and O–H groups in total. The summed E-state index contributed by atoms with van der Waals surface area (Å²) in [5.74, 6) is -0.308. The van der Waals surface area contributed by atoms with Crippen molar-refractivity contribution < 1.29 is 19.7 Å². The average molecular weight is 264 g/mol. The molecule has 0 aromatic heterocycles. The molecule has 0 radical (unpaired) electrons. The lowest BCUT2D eigenvalue weighted by molar-refractivity contribution is -0.143. The first-order valence-corrected chi connectivity index (χ1v) is 6.91. The van der Waals surface area contributed by atoms with Crippen LogP contribution in [0, 0.1) is 23.7 Å². The van der Waals surface area contributed by atoms with Gasteiger partial charge in [0.15, 0.2) is 0 Å². The third kappa shape index (κ3) is 1.77. The van der Waals surface area contributed by atoms with Crippen LogP contribution in [-0.4, -0.2) is 35.0 Å². The number of carbonyl (C=O) groups excluding carboxylic acids is 1. The Kier molecular flexibility index (Phi) is 3.02. The summed E-state index contributed by atoms with van der Waals surface area (Å²) in [6.07, 6.45) is 1.37. The van der Waals surface area contributed by atoms with Gasteiger partial charge in [0.05, 0.1) is 12.0 Å². The number of ether oxygens (including phenoxy) is 1. The van der Waals surface area contributed by atoms with Crippen LogP contribution >= 0.6 is 0 Å². The van der Waals surface area contributed by atoms with Crippen LogP contribution in [-0.2, 0) is 9.53 Å². The Labute approximate surface area is 112 Å². The lowest BCUT2D eigenvalue weighted by Crippen LogP contribution is -2.36. The fourth-order valence-electron chi connectivity index (χ4n) is 4.22. The van der Waals surface area contributed by atoms with Crippen LogP contribution < -0.4 is 0 Å². The molecule has 3 aliphatic rings. The Balaban J connectivity index is 2.01. The Morgan fingerprint density at radius 3 is 2.74 bits per heavy atom. The number of fused-ring (bicyclic) bond motifs is 3. The maximum atomic E-state index is 11.7. The van der Waals surface area contributed by atoms with Crippen molar-refractivity contribution in [3.63, 3.8) is 0 Å². The van der Waals surface area contributed by atoms with Crippen molar-refractivity contribution in [3.05, 3.63) is 24.3 Å². The van der Waals surface area contributed by atoms with Crippen LogP contribution in [0.5, 0.6) is 0 Å². The Bertz CT molecular complexity index is 441. The summed E-state index contributed by atoms with van der Waals surface area (Å²) in [7, 11) is 0. The summed E-state index contributed by atoms with van der Waals surface area (Å²) in [5, 5.41) is 19.9. The molecule has 4 nitrogen and oxygen atoms in total. The molecule has 4 heteroatoms. The van der Waals surface area contributed by atoms with Gasteiger partial charge in [0.1, 0.15) is 6.10 Å². The first kappa shape index (κ1) is 12.9. The van der Waals surface area contributed by atoms with Gasteiger partial charge in [0, 0.05) is 18.1 Å². The second-order valence-electron chi connectivity index (χ2n) is 6.05. The zero-order valence-corrected chi connectivity index (χ0v) is 10.9. The Morgan fingerprint density at radius 1 is 1.32 bits per heavy atom. The predicted molar refractivity (Wildman–Crippen MR) is 69.1 cm³/mol. The largest absolute Gasteiger partial charge is 0.458 e. The molecule has 2 saturated carbocycles. The van der Waals surface area contributed by atoms with Gasteiger partial charge in [-0.2, -0.15) is 0 Å². The monoisotopic (exact) mass is 264 g/mol. The zero-order valence-electron chi connectivity index (χ0n) is 10.9. The first-order chi connectivity index (χ1) is 9.04. The summed E-state index contributed by atoms with van der Waals surface area (Å²) in [6, 6.07) is 0. The fourth-order valence-corrected chi connectivity index (χ4v) is 4.22. The van der Waals surface area contributed by atoms with Crippen molar-refractivity contribution in [3.8, 4) is 0 Å². The second-order valence-corrected chi connectivity index (χ2v) is 6.05. The number of aliphatic hydroxyl groups is 2. The first-order valence-electron chi connectivity index (χ1n) is 6.91. The van der Waals surface area contributed by atoms with Gasteiger partial charge in [-0.1, -0.05) is 18.7 Å². The highest BCUT2D eigenvalue weighted by molar-refractivity contribution is 5.91. The van der Waals surface area contributed by atoms with E-state index in [-0.39, 0.29) is 36.4 Å². The number of hydrogen-bond donors (Lipinski definition) is 2. The van der Waals surface area contributed by atoms with Gasteiger partial charge in [-0.25, -0.2) is 4.79 Å². The number of aliphatic hydroxyl groups excluding tert-OH is 2. The quantitative estimate of drug-likeness (QED) is 0.422. The van der Waals surface area contributed by atoms with E-state index in [1.807, 2.05) is 0 Å². The molecule has 3 rings (SSSR count). The molecule has 0 aromatic rings. The SMILES string of the molecule is C=C1CC(O)C2C(=C)C(=O)OC2C2C(CO)CCC12. The van der Waals surface area contributed by atoms with E-state index < -0.39 is 12.1 Å². The maximum absolute atomic E-state index is 11.7. The van der Waals surface area contributed by atoms with Gasteiger partial charge in [0.2, 0.25) is 0 Å². The third-order valence-corrected chi connectivity index (χ3v) is 5.14. The Hall–Kier alpha value is -1.13. The summed E-state index contributed by atoms with van der Waals surface area (Å²) >= 11 is 0. The van der Waals surface area contributed by atoms with E-state index in [1.165, 1.54) is 0 Å². The Morgan fingerprint density at radius 2 is 2.05 bits per heavy atom. The van der Waals surface area contributed by atoms with E-state index in [0.717, 1.165) is 18.4 Å². The normalized spacial score (nSPS) is 45.7. The molecule has 104 valence electrons. The van der Waals surface area contributed by atoms with Gasteiger partial charge in [-0.15, -0.1) is 0 Å². The van der Waals surface area contributed by atoms with E-state index in [9.17, 15) is 15.0 Å². The number of esters is 1. The summed E-state index contributed by atoms with van der Waals surface area (Å²) < 4.78 is 5.47. The molecular weight excluding hydrogens is 244 g/mol. The van der Waals surface area contributed by atoms with Crippen LogP contribution in [0.3, 0.4) is 0 Å². The maximum Gasteiger partial charge on any atom is 0.334 e. The standard InChI is InChI=1S/C15H20O4/c1-7-5-11(17)12-8(2)15(18)19-14(12)13-9(6-16)3-4-10(7)13/h9-14,16-17H,1-6H2. The lowest BCUT2D eigenvalue weighted by atomic mass is 9.79. The molecule has 19 heavy (non-hydrogen) atoms. The molecule has 0 amide bonds. The fraction of sp³-hybridized carbons (Fsp3) is 0.667. The lowest BCUT2D eigenvalue weighted by Gasteiger charge is -2.29. The van der Waals surface area contributed by atoms with Gasteiger partial charge >= 0.3 is 5.97 Å². The molecule has 2 aliphatic carbocycles. The van der Waals surface area contributed by atoms with E-state index in [4.69, 9.17) is 4.74 Å². The van der Waals surface area contributed by atoms with Crippen LogP contribution in [0.4, 0.5) is 0 Å². The van der Waals surface area contributed by atoms with Crippen LogP contribution in [0.15, 0.2) is 24.3 Å². The second kappa shape index (κ2) is 4.46. The zero-order chi connectivity index (χ0) is 13.7. The number of carbonyl (C=O) groups is 1. The number of rotatable bonds is 1. The number of hydrogen-bond acceptors (Lipinski definition) is 4. The van der Waals surface area contributed by atoms with Crippen molar-refractivity contribution in [2.45, 2.75) is 31.5 Å². The molecule has 0 spiro atoms. The van der Waals surface area contributed by atoms with Crippen molar-refractivity contribution in [1.29, 1.82) is 0 Å². The topological polar surface area (TPSA) is 66.8 Å². The van der Waals surface area contributed by atoms with E-state index in [0.29, 0.717) is 12.0 Å². The molecule has 1 aliphatic heterocycles. The van der Waals surface area contributed by atoms with Gasteiger partial charge < -0.3 is 14.9 Å². The molecule has 0 bridgehead atoms. The van der Waals surface area contributed by atoms with Gasteiger partial charge in [0.25, 0.3) is 0 Å². The highest BCUT2D eigenvalue weighted by Crippen LogP contribution is 2.52. The summed E-state index contributed by atoms with van der Waals surface area (Å²) in [6.45, 7) is 7.97. The molecule has 1 heterocycles. The van der Waals surface area contributed by atoms with Crippen LogP contribution in [0.25, 0.3) is 0 Å². The molecule has 1 saturated heterocycles. The minimum absolute atomic E-state index is 0.0721. The molecule has 0 aromatic carbocycles. The van der Waals surface area contributed by atoms with E-state index in [2.05, 4.69) is 13.2 Å². The molecule has 6 atom stereocenters. The van der Waals surface area contributed by atoms with Gasteiger partial charge in [-0.3, -0.25) is 0 Å². The van der Waals surface area contributed by atoms with Crippen LogP contribution in [0.2, 0.25) is 0 Å². The molecule has 3 fully saturated rings. The summed E-state index contributed by atoms with van der Waals surface area (Å²) in [5.41, 5.74) is 1.39. The van der Waals surface area contributed by atoms with E-state index in [1.54, 1.807) is 0 Å². The highest BCUT2D eigenvalue weighted by atomic mass is 16.6. The summed E-state index contributed by atoms with van der Waals surface area (Å²) in [4.78, 5) is 11.7. The van der Waals surface area contributed by atoms with Crippen LogP contribution in [0.1, 0.15) is 19.3 Å². The predicted octanol–water partition coefficient (Wildman–Crippen LogP) is 1.04. The van der Waals surface area contributed by atoms with Gasteiger partial charge in [-0.05, 0) is 31.1 Å². The molecular formula is C15H20O4.